The van der Waals surface area contributed by atoms with Gasteiger partial charge in [-0.2, -0.15) is 0 Å². The van der Waals surface area contributed by atoms with Gasteiger partial charge in [-0.15, -0.1) is 11.3 Å². The molecule has 0 aromatic carbocycles. The average Bonchev–Trinajstić information content (AvgIpc) is 3.04. The number of hydrogen-bond donors (Lipinski definition) is 1. The fourth-order valence-electron chi connectivity index (χ4n) is 3.40. The molecule has 3 rings (SSSR count). The number of thiophene rings is 1. The number of carbonyl (C=O) groups excluding carboxylic acids is 2. The first-order valence-corrected chi connectivity index (χ1v) is 9.23. The molecule has 2 aliphatic rings. The molecular formula is C17H24N2O3S. The van der Waals surface area contributed by atoms with E-state index >= 15 is 0 Å². The number of amides is 2. The van der Waals surface area contributed by atoms with Crippen LogP contribution < -0.4 is 5.32 Å². The molecule has 1 aromatic heterocycles. The van der Waals surface area contributed by atoms with Crippen molar-refractivity contribution in [2.45, 2.75) is 51.2 Å². The van der Waals surface area contributed by atoms with Crippen molar-refractivity contribution in [1.29, 1.82) is 0 Å². The standard InChI is InChI=1S/C17H24N2O3S/c1-12-5-2-3-7-14(12)18-17(21)15-10-22-11-16(20)19(15)9-13-6-4-8-23-13/h4,6,8,12,14-15H,2-3,5,7,9-11H2,1H3,(H,18,21)/t12-,14-,15-/m0/s1. The van der Waals surface area contributed by atoms with E-state index < -0.39 is 6.04 Å². The average molecular weight is 336 g/mol. The van der Waals surface area contributed by atoms with E-state index in [0.29, 0.717) is 12.5 Å². The zero-order chi connectivity index (χ0) is 16.2. The Kier molecular flexibility index (Phi) is 5.33. The number of ether oxygens (including phenoxy) is 1. The first-order chi connectivity index (χ1) is 11.1. The predicted molar refractivity (Wildman–Crippen MR) is 89.0 cm³/mol. The van der Waals surface area contributed by atoms with Gasteiger partial charge in [0.2, 0.25) is 11.8 Å². The zero-order valence-corrected chi connectivity index (χ0v) is 14.3. The molecule has 126 valence electrons. The van der Waals surface area contributed by atoms with E-state index in [4.69, 9.17) is 4.74 Å². The summed E-state index contributed by atoms with van der Waals surface area (Å²) in [5, 5.41) is 5.14. The highest BCUT2D eigenvalue weighted by Crippen LogP contribution is 2.24. The molecular weight excluding hydrogens is 312 g/mol. The number of nitrogens with zero attached hydrogens (tertiary/aromatic N) is 1. The quantitative estimate of drug-likeness (QED) is 0.917. The lowest BCUT2D eigenvalue weighted by molar-refractivity contribution is -0.156. The van der Waals surface area contributed by atoms with E-state index in [9.17, 15) is 9.59 Å². The molecule has 2 amide bonds. The Bertz CT molecular complexity index is 546. The van der Waals surface area contributed by atoms with Gasteiger partial charge < -0.3 is 15.0 Å². The number of nitrogens with one attached hydrogen (secondary N) is 1. The van der Waals surface area contributed by atoms with Gasteiger partial charge in [0, 0.05) is 10.9 Å². The summed E-state index contributed by atoms with van der Waals surface area (Å²) in [6.07, 6.45) is 4.58. The van der Waals surface area contributed by atoms with E-state index in [1.807, 2.05) is 17.5 Å². The van der Waals surface area contributed by atoms with Crippen LogP contribution in [-0.4, -0.2) is 42.0 Å². The fraction of sp³-hybridized carbons (Fsp3) is 0.647. The molecule has 0 bridgehead atoms. The molecule has 6 heteroatoms. The first-order valence-electron chi connectivity index (χ1n) is 8.35. The second kappa shape index (κ2) is 7.45. The third kappa shape index (κ3) is 3.93. The van der Waals surface area contributed by atoms with Crippen molar-refractivity contribution in [3.63, 3.8) is 0 Å². The van der Waals surface area contributed by atoms with Gasteiger partial charge in [0.05, 0.1) is 13.2 Å². The van der Waals surface area contributed by atoms with E-state index in [2.05, 4.69) is 12.2 Å². The third-order valence-electron chi connectivity index (χ3n) is 4.85. The van der Waals surface area contributed by atoms with E-state index in [1.54, 1.807) is 16.2 Å². The summed E-state index contributed by atoms with van der Waals surface area (Å²) in [7, 11) is 0. The van der Waals surface area contributed by atoms with Crippen molar-refractivity contribution in [3.05, 3.63) is 22.4 Å². The summed E-state index contributed by atoms with van der Waals surface area (Å²) in [6.45, 7) is 3.02. The predicted octanol–water partition coefficient (Wildman–Crippen LogP) is 2.17. The van der Waals surface area contributed by atoms with Gasteiger partial charge in [-0.25, -0.2) is 0 Å². The number of rotatable bonds is 4. The van der Waals surface area contributed by atoms with Gasteiger partial charge in [-0.05, 0) is 30.2 Å². The minimum Gasteiger partial charge on any atom is -0.369 e. The van der Waals surface area contributed by atoms with Crippen LogP contribution in [0.3, 0.4) is 0 Å². The molecule has 0 spiro atoms. The second-order valence-corrected chi connectivity index (χ2v) is 7.54. The number of hydrogen-bond acceptors (Lipinski definition) is 4. The molecule has 0 radical (unpaired) electrons. The minimum absolute atomic E-state index is 0.0645. The Labute approximate surface area is 141 Å². The summed E-state index contributed by atoms with van der Waals surface area (Å²) in [6, 6.07) is 3.65. The zero-order valence-electron chi connectivity index (χ0n) is 13.5. The van der Waals surface area contributed by atoms with Crippen LogP contribution in [0, 0.1) is 5.92 Å². The van der Waals surface area contributed by atoms with Crippen molar-refractivity contribution in [2.24, 2.45) is 5.92 Å². The van der Waals surface area contributed by atoms with E-state index in [-0.39, 0.29) is 31.1 Å². The van der Waals surface area contributed by atoms with Crippen LogP contribution in [0.25, 0.3) is 0 Å². The largest absolute Gasteiger partial charge is 0.369 e. The van der Waals surface area contributed by atoms with Crippen molar-refractivity contribution in [1.82, 2.24) is 10.2 Å². The maximum absolute atomic E-state index is 12.7. The highest BCUT2D eigenvalue weighted by molar-refractivity contribution is 7.09. The third-order valence-corrected chi connectivity index (χ3v) is 5.71. The first kappa shape index (κ1) is 16.5. The smallest absolute Gasteiger partial charge is 0.249 e. The molecule has 2 fully saturated rings. The van der Waals surface area contributed by atoms with Crippen LogP contribution in [0.15, 0.2) is 17.5 Å². The number of morpholine rings is 1. The summed E-state index contributed by atoms with van der Waals surface area (Å²) in [5.74, 6) is 0.313. The SMILES string of the molecule is C[C@H]1CCCC[C@@H]1NC(=O)[C@@H]1COCC(=O)N1Cc1cccs1. The maximum Gasteiger partial charge on any atom is 0.249 e. The topological polar surface area (TPSA) is 58.6 Å². The van der Waals surface area contributed by atoms with Gasteiger partial charge in [-0.1, -0.05) is 25.8 Å². The molecule has 1 saturated carbocycles. The fourth-order valence-corrected chi connectivity index (χ4v) is 4.10. The van der Waals surface area contributed by atoms with Crippen LogP contribution in [0.1, 0.15) is 37.5 Å². The van der Waals surface area contributed by atoms with Gasteiger partial charge in [0.25, 0.3) is 0 Å². The summed E-state index contributed by atoms with van der Waals surface area (Å²) in [4.78, 5) is 27.7. The van der Waals surface area contributed by atoms with Crippen molar-refractivity contribution in [3.8, 4) is 0 Å². The Morgan fingerprint density at radius 1 is 1.43 bits per heavy atom. The Morgan fingerprint density at radius 2 is 2.26 bits per heavy atom. The van der Waals surface area contributed by atoms with Crippen LogP contribution in [0.2, 0.25) is 0 Å². The summed E-state index contributed by atoms with van der Waals surface area (Å²) in [5.41, 5.74) is 0. The van der Waals surface area contributed by atoms with Crippen LogP contribution in [0.4, 0.5) is 0 Å². The molecule has 3 atom stereocenters. The van der Waals surface area contributed by atoms with E-state index in [0.717, 1.165) is 24.1 Å². The van der Waals surface area contributed by atoms with Crippen molar-refractivity contribution >= 4 is 23.2 Å². The molecule has 1 aromatic rings. The van der Waals surface area contributed by atoms with E-state index in [1.165, 1.54) is 6.42 Å². The Morgan fingerprint density at radius 3 is 3.00 bits per heavy atom. The minimum atomic E-state index is -0.521. The van der Waals surface area contributed by atoms with Crippen molar-refractivity contribution in [2.75, 3.05) is 13.2 Å². The molecule has 23 heavy (non-hydrogen) atoms. The van der Waals surface area contributed by atoms with Crippen molar-refractivity contribution < 1.29 is 14.3 Å². The summed E-state index contributed by atoms with van der Waals surface area (Å²) < 4.78 is 5.33. The second-order valence-electron chi connectivity index (χ2n) is 6.51. The molecule has 1 aliphatic carbocycles. The molecule has 0 unspecified atom stereocenters. The lowest BCUT2D eigenvalue weighted by Crippen LogP contribution is -2.58. The lowest BCUT2D eigenvalue weighted by Gasteiger charge is -2.36. The normalized spacial score (nSPS) is 28.7. The molecule has 1 N–H and O–H groups in total. The van der Waals surface area contributed by atoms with Gasteiger partial charge in [-0.3, -0.25) is 9.59 Å². The van der Waals surface area contributed by atoms with Gasteiger partial charge >= 0.3 is 0 Å². The Balaban J connectivity index is 1.67. The molecule has 2 heterocycles. The highest BCUT2D eigenvalue weighted by Gasteiger charge is 2.35. The molecule has 1 aliphatic heterocycles. The lowest BCUT2D eigenvalue weighted by atomic mass is 9.86. The van der Waals surface area contributed by atoms with Crippen LogP contribution in [0.5, 0.6) is 0 Å². The van der Waals surface area contributed by atoms with Crippen LogP contribution in [-0.2, 0) is 20.9 Å². The van der Waals surface area contributed by atoms with Gasteiger partial charge in [0.15, 0.2) is 0 Å². The van der Waals surface area contributed by atoms with Gasteiger partial charge in [0.1, 0.15) is 12.6 Å². The number of carbonyl (C=O) groups is 2. The Hall–Kier alpha value is -1.40. The van der Waals surface area contributed by atoms with Crippen LogP contribution >= 0.6 is 11.3 Å². The monoisotopic (exact) mass is 336 g/mol. The highest BCUT2D eigenvalue weighted by atomic mass is 32.1. The molecule has 1 saturated heterocycles. The maximum atomic E-state index is 12.7. The summed E-state index contributed by atoms with van der Waals surface area (Å²) >= 11 is 1.60. The molecule has 5 nitrogen and oxygen atoms in total.